The van der Waals surface area contributed by atoms with Crippen molar-refractivity contribution in [3.8, 4) is 0 Å². The van der Waals surface area contributed by atoms with Gasteiger partial charge in [0.05, 0.1) is 11.6 Å². The van der Waals surface area contributed by atoms with Crippen LogP contribution in [-0.4, -0.2) is 37.0 Å². The Hall–Kier alpha value is -0.910. The van der Waals surface area contributed by atoms with Gasteiger partial charge in [-0.15, -0.1) is 11.3 Å². The van der Waals surface area contributed by atoms with Crippen LogP contribution in [0, 0.1) is 5.92 Å². The van der Waals surface area contributed by atoms with Gasteiger partial charge >= 0.3 is 0 Å². The normalized spacial score (nSPS) is 20.1. The number of carbonyl (C=O) groups excluding carboxylic acids is 1. The van der Waals surface area contributed by atoms with E-state index >= 15 is 0 Å². The van der Waals surface area contributed by atoms with Crippen molar-refractivity contribution in [2.45, 2.75) is 31.3 Å². The molecular formula is C14H23N3OS. The van der Waals surface area contributed by atoms with Crippen LogP contribution in [0.1, 0.15) is 30.7 Å². The van der Waals surface area contributed by atoms with Gasteiger partial charge in [-0.05, 0) is 51.2 Å². The molecule has 3 N–H and O–H groups in total. The number of amides is 1. The number of likely N-dealkylation sites (N-methyl/N-ethyl adjacent to an activating group) is 1. The number of hydrogen-bond acceptors (Lipinski definition) is 4. The first-order valence-electron chi connectivity index (χ1n) is 6.70. The van der Waals surface area contributed by atoms with E-state index in [0.29, 0.717) is 12.5 Å². The van der Waals surface area contributed by atoms with Crippen LogP contribution in [0.15, 0.2) is 17.5 Å². The van der Waals surface area contributed by atoms with Gasteiger partial charge in [-0.1, -0.05) is 6.07 Å². The van der Waals surface area contributed by atoms with E-state index in [9.17, 15) is 4.79 Å². The van der Waals surface area contributed by atoms with Crippen molar-refractivity contribution in [1.82, 2.24) is 10.2 Å². The number of rotatable bonds is 6. The van der Waals surface area contributed by atoms with Crippen LogP contribution in [0.3, 0.4) is 0 Å². The average Bonchev–Trinajstić information content (AvgIpc) is 3.08. The first kappa shape index (κ1) is 14.5. The predicted molar refractivity (Wildman–Crippen MR) is 79.1 cm³/mol. The molecule has 0 aromatic carbocycles. The van der Waals surface area contributed by atoms with Crippen LogP contribution >= 0.6 is 11.3 Å². The van der Waals surface area contributed by atoms with Crippen LogP contribution < -0.4 is 11.1 Å². The summed E-state index contributed by atoms with van der Waals surface area (Å²) in [5, 5.41) is 5.08. The molecule has 0 radical (unpaired) electrons. The lowest BCUT2D eigenvalue weighted by atomic mass is 9.96. The monoisotopic (exact) mass is 281 g/mol. The summed E-state index contributed by atoms with van der Waals surface area (Å²) < 4.78 is 0. The standard InChI is InChI=1S/C14H23N3OS/c1-14(15,10-6-7-10)13(18)16-9-11(17(2)3)12-5-4-8-19-12/h4-5,8,10-11H,6-7,9,15H2,1-3H3,(H,16,18). The quantitative estimate of drug-likeness (QED) is 0.832. The molecular weight excluding hydrogens is 258 g/mol. The van der Waals surface area contributed by atoms with Crippen LogP contribution in [0.25, 0.3) is 0 Å². The first-order chi connectivity index (χ1) is 8.93. The van der Waals surface area contributed by atoms with Gasteiger partial charge in [-0.2, -0.15) is 0 Å². The Morgan fingerprint density at radius 2 is 2.32 bits per heavy atom. The minimum Gasteiger partial charge on any atom is -0.353 e. The van der Waals surface area contributed by atoms with E-state index in [1.54, 1.807) is 11.3 Å². The van der Waals surface area contributed by atoms with E-state index in [1.165, 1.54) is 4.88 Å². The Morgan fingerprint density at radius 3 is 2.79 bits per heavy atom. The Morgan fingerprint density at radius 1 is 1.63 bits per heavy atom. The zero-order valence-electron chi connectivity index (χ0n) is 11.8. The lowest BCUT2D eigenvalue weighted by molar-refractivity contribution is -0.126. The highest BCUT2D eigenvalue weighted by molar-refractivity contribution is 7.10. The summed E-state index contributed by atoms with van der Waals surface area (Å²) >= 11 is 1.71. The van der Waals surface area contributed by atoms with Gasteiger partial charge in [-0.25, -0.2) is 0 Å². The highest BCUT2D eigenvalue weighted by atomic mass is 32.1. The molecule has 4 nitrogen and oxygen atoms in total. The van der Waals surface area contributed by atoms with Gasteiger partial charge in [0.15, 0.2) is 0 Å². The number of nitrogens with two attached hydrogens (primary N) is 1. The maximum atomic E-state index is 12.2. The predicted octanol–water partition coefficient (Wildman–Crippen LogP) is 1.59. The molecule has 1 aliphatic carbocycles. The molecule has 1 aliphatic rings. The fourth-order valence-electron chi connectivity index (χ4n) is 2.27. The SMILES string of the molecule is CN(C)C(CNC(=O)C(C)(N)C1CC1)c1cccs1. The molecule has 2 atom stereocenters. The molecule has 19 heavy (non-hydrogen) atoms. The summed E-state index contributed by atoms with van der Waals surface area (Å²) in [4.78, 5) is 15.6. The summed E-state index contributed by atoms with van der Waals surface area (Å²) in [5.41, 5.74) is 5.41. The second kappa shape index (κ2) is 5.61. The van der Waals surface area contributed by atoms with Gasteiger partial charge in [0, 0.05) is 11.4 Å². The van der Waals surface area contributed by atoms with Crippen molar-refractivity contribution in [3.05, 3.63) is 22.4 Å². The zero-order chi connectivity index (χ0) is 14.0. The van der Waals surface area contributed by atoms with Crippen molar-refractivity contribution in [3.63, 3.8) is 0 Å². The highest BCUT2D eigenvalue weighted by Gasteiger charge is 2.44. The highest BCUT2D eigenvalue weighted by Crippen LogP contribution is 2.38. The first-order valence-corrected chi connectivity index (χ1v) is 7.58. The summed E-state index contributed by atoms with van der Waals surface area (Å²) in [7, 11) is 4.05. The van der Waals surface area contributed by atoms with Gasteiger partial charge in [0.2, 0.25) is 5.91 Å². The summed E-state index contributed by atoms with van der Waals surface area (Å²) in [6, 6.07) is 4.35. The molecule has 106 valence electrons. The molecule has 0 bridgehead atoms. The maximum absolute atomic E-state index is 12.2. The van der Waals surface area contributed by atoms with Crippen LogP contribution in [0.5, 0.6) is 0 Å². The van der Waals surface area contributed by atoms with Crippen LogP contribution in [0.4, 0.5) is 0 Å². The molecule has 2 rings (SSSR count). The van der Waals surface area contributed by atoms with Crippen molar-refractivity contribution in [2.75, 3.05) is 20.6 Å². The average molecular weight is 281 g/mol. The van der Waals surface area contributed by atoms with E-state index in [2.05, 4.69) is 21.7 Å². The third kappa shape index (κ3) is 3.35. The number of thiophene rings is 1. The molecule has 0 aliphatic heterocycles. The Bertz CT molecular complexity index is 424. The third-order valence-corrected chi connectivity index (χ3v) is 4.84. The van der Waals surface area contributed by atoms with Gasteiger partial charge in [-0.3, -0.25) is 4.79 Å². The minimum atomic E-state index is -0.716. The maximum Gasteiger partial charge on any atom is 0.240 e. The van der Waals surface area contributed by atoms with Gasteiger partial charge < -0.3 is 16.0 Å². The van der Waals surface area contributed by atoms with Crippen LogP contribution in [-0.2, 0) is 4.79 Å². The summed E-state index contributed by atoms with van der Waals surface area (Å²) in [6.07, 6.45) is 2.14. The molecule has 1 fully saturated rings. The zero-order valence-corrected chi connectivity index (χ0v) is 12.7. The van der Waals surface area contributed by atoms with Crippen molar-refractivity contribution < 1.29 is 4.79 Å². The second-order valence-electron chi connectivity index (χ2n) is 5.76. The molecule has 1 saturated carbocycles. The smallest absolute Gasteiger partial charge is 0.240 e. The lowest BCUT2D eigenvalue weighted by Crippen LogP contribution is -2.54. The molecule has 1 aromatic rings. The number of carbonyl (C=O) groups is 1. The minimum absolute atomic E-state index is 0.0293. The molecule has 1 aromatic heterocycles. The third-order valence-electron chi connectivity index (χ3n) is 3.87. The largest absolute Gasteiger partial charge is 0.353 e. The summed E-state index contributed by atoms with van der Waals surface area (Å²) in [6.45, 7) is 2.45. The van der Waals surface area contributed by atoms with Crippen molar-refractivity contribution in [1.29, 1.82) is 0 Å². The van der Waals surface area contributed by atoms with Gasteiger partial charge in [0.1, 0.15) is 0 Å². The fraction of sp³-hybridized carbons (Fsp3) is 0.643. The number of nitrogens with one attached hydrogen (secondary N) is 1. The van der Waals surface area contributed by atoms with Crippen LogP contribution in [0.2, 0.25) is 0 Å². The van der Waals surface area contributed by atoms with Crippen molar-refractivity contribution >= 4 is 17.2 Å². The Labute approximate surface area is 119 Å². The molecule has 0 saturated heterocycles. The van der Waals surface area contributed by atoms with E-state index in [0.717, 1.165) is 12.8 Å². The number of hydrogen-bond donors (Lipinski definition) is 2. The van der Waals surface area contributed by atoms with E-state index < -0.39 is 5.54 Å². The fourth-order valence-corrected chi connectivity index (χ4v) is 3.19. The Kier molecular flexibility index (Phi) is 4.28. The molecule has 2 unspecified atom stereocenters. The van der Waals surface area contributed by atoms with E-state index in [-0.39, 0.29) is 11.9 Å². The number of nitrogens with zero attached hydrogens (tertiary/aromatic N) is 1. The molecule has 1 amide bonds. The second-order valence-corrected chi connectivity index (χ2v) is 6.74. The Balaban J connectivity index is 1.94. The van der Waals surface area contributed by atoms with Gasteiger partial charge in [0.25, 0.3) is 0 Å². The lowest BCUT2D eigenvalue weighted by Gasteiger charge is -2.27. The molecule has 0 spiro atoms. The topological polar surface area (TPSA) is 58.4 Å². The molecule has 1 heterocycles. The molecule has 5 heteroatoms. The van der Waals surface area contributed by atoms with E-state index in [4.69, 9.17) is 5.73 Å². The van der Waals surface area contributed by atoms with Crippen molar-refractivity contribution in [2.24, 2.45) is 11.7 Å². The summed E-state index contributed by atoms with van der Waals surface area (Å²) in [5.74, 6) is 0.324. The van der Waals surface area contributed by atoms with E-state index in [1.807, 2.05) is 27.1 Å².